The van der Waals surface area contributed by atoms with E-state index in [2.05, 4.69) is 0 Å². The van der Waals surface area contributed by atoms with Crippen LogP contribution in [-0.2, 0) is 0 Å². The molecule has 0 saturated carbocycles. The average Bonchev–Trinajstić information content (AvgIpc) is 1.59. The van der Waals surface area contributed by atoms with Gasteiger partial charge in [0.15, 0.2) is 0 Å². The molecule has 11 heavy (non-hydrogen) atoms. The van der Waals surface area contributed by atoms with Gasteiger partial charge in [0.2, 0.25) is 0 Å². The monoisotopic (exact) mass is 166 g/mol. The zero-order valence-electron chi connectivity index (χ0n) is 6.81. The molecule has 0 heterocycles. The Labute approximate surface area is 64.7 Å². The van der Waals surface area contributed by atoms with Crippen LogP contribution in [0.4, 0.5) is 0 Å². The fourth-order valence-corrected chi connectivity index (χ4v) is 0. The summed E-state index contributed by atoms with van der Waals surface area (Å²) in [7, 11) is 0. The summed E-state index contributed by atoms with van der Waals surface area (Å²) in [6.45, 7) is 5.34. The Balaban J connectivity index is 0. The van der Waals surface area contributed by atoms with E-state index in [1.54, 1.807) is 6.92 Å². The highest BCUT2D eigenvalue weighted by molar-refractivity contribution is 4.65. The van der Waals surface area contributed by atoms with Crippen molar-refractivity contribution in [2.75, 3.05) is 0 Å². The molecule has 68 valence electrons. The Kier molecular flexibility index (Phi) is 5.64. The Hall–Kier alpha value is -0.880. The molecule has 0 radical (unpaired) electrons. The zero-order valence-corrected chi connectivity index (χ0v) is 6.81. The zero-order chi connectivity index (χ0) is 9.65. The van der Waals surface area contributed by atoms with Crippen LogP contribution in [0, 0.1) is 16.0 Å². The number of rotatable bonds is 1. The molecule has 0 amide bonds. The van der Waals surface area contributed by atoms with Crippen molar-refractivity contribution in [2.45, 2.75) is 26.5 Å². The molecule has 1 atom stereocenters. The highest BCUT2D eigenvalue weighted by atomic mass is 16.9. The second-order valence-electron chi connectivity index (χ2n) is 2.62. The first-order valence-electron chi connectivity index (χ1n) is 3.02. The van der Waals surface area contributed by atoms with Crippen LogP contribution < -0.4 is 5.73 Å². The fraction of sp³-hybridized carbons (Fsp3) is 1.00. The van der Waals surface area contributed by atoms with E-state index in [9.17, 15) is 0 Å². The van der Waals surface area contributed by atoms with Crippen LogP contribution in [-0.4, -0.2) is 21.1 Å². The molecule has 0 rings (SSSR count). The molecule has 1 unspecified atom stereocenters. The van der Waals surface area contributed by atoms with E-state index in [4.69, 9.17) is 26.2 Å². The van der Waals surface area contributed by atoms with E-state index in [0.717, 1.165) is 0 Å². The molecule has 0 saturated heterocycles. The molecule has 4 N–H and O–H groups in total. The van der Waals surface area contributed by atoms with Crippen molar-refractivity contribution in [1.29, 1.82) is 0 Å². The van der Waals surface area contributed by atoms with Gasteiger partial charge in [0.1, 0.15) is 5.72 Å². The third kappa shape index (κ3) is 17.6. The molecule has 0 spiro atoms. The lowest BCUT2D eigenvalue weighted by Gasteiger charge is -2.20. The summed E-state index contributed by atoms with van der Waals surface area (Å²) < 4.78 is 0. The molecule has 6 nitrogen and oxygen atoms in total. The number of nitrogens with zero attached hydrogens (tertiary/aromatic N) is 1. The smallest absolute Gasteiger partial charge is 0.291 e. The van der Waals surface area contributed by atoms with Gasteiger partial charge < -0.3 is 16.0 Å². The van der Waals surface area contributed by atoms with Gasteiger partial charge in [-0.15, -0.1) is 10.1 Å². The van der Waals surface area contributed by atoms with Crippen LogP contribution in [0.5, 0.6) is 0 Å². The molecule has 6 heteroatoms. The Morgan fingerprint density at radius 3 is 1.73 bits per heavy atom. The van der Waals surface area contributed by atoms with Gasteiger partial charge in [0, 0.05) is 0 Å². The molecule has 0 aliphatic heterocycles. The third-order valence-electron chi connectivity index (χ3n) is 1.17. The lowest BCUT2D eigenvalue weighted by atomic mass is 10.0. The maximum atomic E-state index is 8.87. The molecule has 0 aliphatic rings. The first-order valence-corrected chi connectivity index (χ1v) is 3.02. The minimum atomic E-state index is -1.50. The summed E-state index contributed by atoms with van der Waals surface area (Å²) in [5, 5.41) is 22.5. The van der Waals surface area contributed by atoms with E-state index in [0.29, 0.717) is 0 Å². The summed E-state index contributed by atoms with van der Waals surface area (Å²) in [6, 6.07) is 0. The highest BCUT2D eigenvalue weighted by Crippen LogP contribution is 2.06. The quantitative estimate of drug-likeness (QED) is 0.287. The molecular weight excluding hydrogens is 152 g/mol. The van der Waals surface area contributed by atoms with E-state index in [-0.39, 0.29) is 5.92 Å². The van der Waals surface area contributed by atoms with Crippen LogP contribution in [0.15, 0.2) is 0 Å². The first kappa shape index (κ1) is 12.8. The van der Waals surface area contributed by atoms with Crippen LogP contribution >= 0.6 is 0 Å². The van der Waals surface area contributed by atoms with Crippen LogP contribution in [0.25, 0.3) is 0 Å². The predicted octanol–water partition coefficient (Wildman–Crippen LogP) is -0.0381. The van der Waals surface area contributed by atoms with Gasteiger partial charge in [-0.25, -0.2) is 0 Å². The summed E-state index contributed by atoms with van der Waals surface area (Å²) in [6.07, 6.45) is 0. The average molecular weight is 166 g/mol. The van der Waals surface area contributed by atoms with Crippen molar-refractivity contribution in [3.63, 3.8) is 0 Å². The molecule has 0 fully saturated rings. The van der Waals surface area contributed by atoms with Gasteiger partial charge >= 0.3 is 0 Å². The van der Waals surface area contributed by atoms with Gasteiger partial charge in [-0.2, -0.15) is 0 Å². The van der Waals surface area contributed by atoms with Gasteiger partial charge in [-0.05, 0) is 12.8 Å². The minimum absolute atomic E-state index is 0.132. The Morgan fingerprint density at radius 2 is 1.73 bits per heavy atom. The maximum absolute atomic E-state index is 8.87. The topological polar surface area (TPSA) is 110 Å². The SMILES string of the molecule is CC(C)C(C)(N)O.O=[N+]([O-])O. The van der Waals surface area contributed by atoms with Crippen molar-refractivity contribution in [1.82, 2.24) is 0 Å². The van der Waals surface area contributed by atoms with E-state index < -0.39 is 10.8 Å². The van der Waals surface area contributed by atoms with Gasteiger partial charge in [-0.1, -0.05) is 13.8 Å². The van der Waals surface area contributed by atoms with Gasteiger partial charge in [0.25, 0.3) is 5.09 Å². The van der Waals surface area contributed by atoms with Crippen LogP contribution in [0.2, 0.25) is 0 Å². The maximum Gasteiger partial charge on any atom is 0.291 e. The van der Waals surface area contributed by atoms with E-state index in [1.807, 2.05) is 13.8 Å². The van der Waals surface area contributed by atoms with Gasteiger partial charge in [-0.3, -0.25) is 0 Å². The molecule has 0 aromatic carbocycles. The summed E-state index contributed by atoms with van der Waals surface area (Å²) >= 11 is 0. The lowest BCUT2D eigenvalue weighted by Crippen LogP contribution is -2.41. The summed E-state index contributed by atoms with van der Waals surface area (Å²) in [5.74, 6) is 0.132. The second kappa shape index (κ2) is 4.86. The van der Waals surface area contributed by atoms with Crippen LogP contribution in [0.1, 0.15) is 20.8 Å². The van der Waals surface area contributed by atoms with Crippen molar-refractivity contribution >= 4 is 0 Å². The molecule has 0 bridgehead atoms. The predicted molar refractivity (Wildman–Crippen MR) is 38.4 cm³/mol. The number of hydrogen-bond acceptors (Lipinski definition) is 4. The van der Waals surface area contributed by atoms with Gasteiger partial charge in [0.05, 0.1) is 0 Å². The number of nitrogens with two attached hydrogens (primary N) is 1. The minimum Gasteiger partial charge on any atom is -0.376 e. The van der Waals surface area contributed by atoms with E-state index >= 15 is 0 Å². The summed E-state index contributed by atoms with van der Waals surface area (Å²) in [4.78, 5) is 8.36. The highest BCUT2D eigenvalue weighted by Gasteiger charge is 2.16. The molecule has 0 aromatic rings. The Bertz CT molecular complexity index is 114. The summed E-state index contributed by atoms with van der Waals surface area (Å²) in [5.41, 5.74) is 4.23. The third-order valence-corrected chi connectivity index (χ3v) is 1.17. The van der Waals surface area contributed by atoms with Crippen molar-refractivity contribution in [2.24, 2.45) is 11.7 Å². The molecular formula is C5H14N2O4. The lowest BCUT2D eigenvalue weighted by molar-refractivity contribution is -0.742. The largest absolute Gasteiger partial charge is 0.376 e. The standard InChI is InChI=1S/C5H13NO.HNO3/c1-4(2)5(3,6)7;2-1(3)4/h4,7H,6H2,1-3H3;(H,2,3,4). The number of aliphatic hydroxyl groups is 1. The number of hydrogen-bond donors (Lipinski definition) is 3. The first-order chi connectivity index (χ1) is 4.68. The van der Waals surface area contributed by atoms with Crippen molar-refractivity contribution in [3.05, 3.63) is 10.1 Å². The fourth-order valence-electron chi connectivity index (χ4n) is 0. The van der Waals surface area contributed by atoms with Crippen molar-refractivity contribution in [3.8, 4) is 0 Å². The van der Waals surface area contributed by atoms with E-state index in [1.165, 1.54) is 0 Å². The normalized spacial score (nSPS) is 14.7. The molecule has 0 aromatic heterocycles. The second-order valence-corrected chi connectivity index (χ2v) is 2.62. The van der Waals surface area contributed by atoms with Crippen molar-refractivity contribution < 1.29 is 15.4 Å². The molecule has 0 aliphatic carbocycles. The Morgan fingerprint density at radius 1 is 1.64 bits per heavy atom. The van der Waals surface area contributed by atoms with Crippen LogP contribution in [0.3, 0.4) is 0 Å².